The summed E-state index contributed by atoms with van der Waals surface area (Å²) in [6.45, 7) is 1.97. The van der Waals surface area contributed by atoms with Crippen molar-refractivity contribution in [3.8, 4) is 0 Å². The fraction of sp³-hybridized carbons (Fsp3) is 0.583. The summed E-state index contributed by atoms with van der Waals surface area (Å²) in [6, 6.07) is 0. The molecule has 0 aliphatic rings. The first-order valence-electron chi connectivity index (χ1n) is 5.66. The molecule has 2 nitrogen and oxygen atoms in total. The Morgan fingerprint density at radius 3 is 2.56 bits per heavy atom. The summed E-state index contributed by atoms with van der Waals surface area (Å²) >= 11 is 3.93. The summed E-state index contributed by atoms with van der Waals surface area (Å²) in [6.07, 6.45) is 1.04. The quantitative estimate of drug-likeness (QED) is 0.251. The smallest absolute Gasteiger partial charge is 0.389 e. The van der Waals surface area contributed by atoms with Crippen LogP contribution in [-0.2, 0) is 9.53 Å². The van der Waals surface area contributed by atoms with Crippen molar-refractivity contribution in [2.75, 3.05) is 6.61 Å². The Hall–Kier alpha value is -0.910. The maximum Gasteiger partial charge on any atom is 0.389 e. The van der Waals surface area contributed by atoms with Crippen molar-refractivity contribution in [1.82, 2.24) is 0 Å². The highest BCUT2D eigenvalue weighted by Crippen LogP contribution is 2.22. The van der Waals surface area contributed by atoms with Gasteiger partial charge in [0, 0.05) is 6.42 Å². The van der Waals surface area contributed by atoms with E-state index in [4.69, 9.17) is 4.74 Å². The molecule has 0 aromatic rings. The van der Waals surface area contributed by atoms with Gasteiger partial charge in [0.25, 0.3) is 0 Å². The first-order valence-corrected chi connectivity index (χ1v) is 6.11. The molecule has 0 heterocycles. The standard InChI is InChI=1S/C12H17F3O2S/c1-2-17-11(16)10(18)8-6-4-3-5-7-9-12(13,14)15/h4,6,8,18H,2-3,5,7,9H2,1H3/b6-4+,10-8-. The first kappa shape index (κ1) is 17.1. The number of thiol groups is 1. The normalized spacial score (nSPS) is 13.1. The molecule has 6 heteroatoms. The summed E-state index contributed by atoms with van der Waals surface area (Å²) in [4.78, 5) is 11.3. The Morgan fingerprint density at radius 1 is 1.33 bits per heavy atom. The predicted molar refractivity (Wildman–Crippen MR) is 67.4 cm³/mol. The van der Waals surface area contributed by atoms with E-state index >= 15 is 0 Å². The maximum absolute atomic E-state index is 11.8. The third kappa shape index (κ3) is 10.3. The minimum absolute atomic E-state index is 0.114. The van der Waals surface area contributed by atoms with Gasteiger partial charge in [-0.1, -0.05) is 12.2 Å². The Morgan fingerprint density at radius 2 is 2.00 bits per heavy atom. The van der Waals surface area contributed by atoms with Gasteiger partial charge in [0.05, 0.1) is 11.5 Å². The van der Waals surface area contributed by atoms with Crippen LogP contribution in [0.25, 0.3) is 0 Å². The zero-order valence-corrected chi connectivity index (χ0v) is 11.1. The van der Waals surface area contributed by atoms with E-state index in [2.05, 4.69) is 12.6 Å². The number of esters is 1. The fourth-order valence-corrected chi connectivity index (χ4v) is 1.27. The summed E-state index contributed by atoms with van der Waals surface area (Å²) < 4.78 is 40.1. The lowest BCUT2D eigenvalue weighted by Gasteiger charge is -2.03. The molecule has 0 aromatic carbocycles. The number of alkyl halides is 3. The van der Waals surface area contributed by atoms with Gasteiger partial charge in [-0.25, -0.2) is 4.79 Å². The van der Waals surface area contributed by atoms with Crippen LogP contribution in [-0.4, -0.2) is 18.8 Å². The van der Waals surface area contributed by atoms with Crippen LogP contribution < -0.4 is 0 Å². The monoisotopic (exact) mass is 282 g/mol. The van der Waals surface area contributed by atoms with Gasteiger partial charge < -0.3 is 4.74 Å². The van der Waals surface area contributed by atoms with E-state index in [0.717, 1.165) is 0 Å². The van der Waals surface area contributed by atoms with Gasteiger partial charge in [0.2, 0.25) is 0 Å². The molecule has 0 aliphatic heterocycles. The number of hydrogen-bond acceptors (Lipinski definition) is 3. The lowest BCUT2D eigenvalue weighted by Crippen LogP contribution is -2.05. The molecule has 0 fully saturated rings. The van der Waals surface area contributed by atoms with E-state index in [1.807, 2.05) is 0 Å². The number of allylic oxidation sites excluding steroid dienone is 3. The van der Waals surface area contributed by atoms with Gasteiger partial charge >= 0.3 is 12.1 Å². The van der Waals surface area contributed by atoms with Crippen LogP contribution in [0.1, 0.15) is 32.6 Å². The Kier molecular flexibility index (Phi) is 8.62. The van der Waals surface area contributed by atoms with Crippen LogP contribution in [0, 0.1) is 0 Å². The number of unbranched alkanes of at least 4 members (excludes halogenated alkanes) is 2. The summed E-state index contributed by atoms with van der Waals surface area (Å²) in [5, 5.41) is 0. The topological polar surface area (TPSA) is 26.3 Å². The zero-order chi connectivity index (χ0) is 14.0. The summed E-state index contributed by atoms with van der Waals surface area (Å²) in [5.41, 5.74) is 0. The van der Waals surface area contributed by atoms with Gasteiger partial charge in [-0.2, -0.15) is 13.2 Å². The molecule has 0 N–H and O–H groups in total. The second-order valence-electron chi connectivity index (χ2n) is 3.56. The summed E-state index contributed by atoms with van der Waals surface area (Å²) in [7, 11) is 0. The molecule has 0 unspecified atom stereocenters. The Labute approximate surface area is 110 Å². The predicted octanol–water partition coefficient (Wildman–Crippen LogP) is 4.04. The van der Waals surface area contributed by atoms with Crippen molar-refractivity contribution >= 4 is 18.6 Å². The average molecular weight is 282 g/mol. The minimum Gasteiger partial charge on any atom is -0.462 e. The van der Waals surface area contributed by atoms with Crippen LogP contribution >= 0.6 is 12.6 Å². The van der Waals surface area contributed by atoms with Crippen molar-refractivity contribution in [1.29, 1.82) is 0 Å². The van der Waals surface area contributed by atoms with Gasteiger partial charge in [-0.15, -0.1) is 12.6 Å². The van der Waals surface area contributed by atoms with Crippen LogP contribution in [0.3, 0.4) is 0 Å². The molecule has 0 aromatic heterocycles. The van der Waals surface area contributed by atoms with Gasteiger partial charge in [0.1, 0.15) is 0 Å². The van der Waals surface area contributed by atoms with Crippen LogP contribution in [0.2, 0.25) is 0 Å². The second kappa shape index (κ2) is 9.08. The number of ether oxygens (including phenoxy) is 1. The number of hydrogen-bond donors (Lipinski definition) is 1. The SMILES string of the molecule is CCOC(=O)/C(S)=C/C=C/CCCCC(F)(F)F. The highest BCUT2D eigenvalue weighted by molar-refractivity contribution is 7.85. The molecule has 104 valence electrons. The first-order chi connectivity index (χ1) is 8.37. The lowest BCUT2D eigenvalue weighted by molar-refractivity contribution is -0.137. The fourth-order valence-electron chi connectivity index (χ4n) is 1.12. The molecule has 0 aliphatic carbocycles. The maximum atomic E-state index is 11.8. The lowest BCUT2D eigenvalue weighted by atomic mass is 10.2. The van der Waals surface area contributed by atoms with Crippen molar-refractivity contribution in [2.45, 2.75) is 38.8 Å². The van der Waals surface area contributed by atoms with Gasteiger partial charge in [0.15, 0.2) is 0 Å². The molecule has 0 saturated carbocycles. The minimum atomic E-state index is -4.08. The van der Waals surface area contributed by atoms with Crippen molar-refractivity contribution < 1.29 is 22.7 Å². The number of carbonyl (C=O) groups excluding carboxylic acids is 1. The molecular formula is C12H17F3O2S. The average Bonchev–Trinajstić information content (AvgIpc) is 2.26. The van der Waals surface area contributed by atoms with E-state index in [1.165, 1.54) is 6.08 Å². The van der Waals surface area contributed by atoms with E-state index < -0.39 is 18.6 Å². The molecule has 0 spiro atoms. The van der Waals surface area contributed by atoms with Crippen molar-refractivity contribution in [3.05, 3.63) is 23.1 Å². The van der Waals surface area contributed by atoms with Crippen LogP contribution in [0.5, 0.6) is 0 Å². The molecule has 18 heavy (non-hydrogen) atoms. The molecule has 0 rings (SSSR count). The third-order valence-corrected chi connectivity index (χ3v) is 2.29. The zero-order valence-electron chi connectivity index (χ0n) is 10.2. The van der Waals surface area contributed by atoms with Gasteiger partial charge in [-0.3, -0.25) is 0 Å². The van der Waals surface area contributed by atoms with Gasteiger partial charge in [-0.05, 0) is 32.3 Å². The van der Waals surface area contributed by atoms with Crippen LogP contribution in [0.15, 0.2) is 23.1 Å². The highest BCUT2D eigenvalue weighted by Gasteiger charge is 2.25. The molecule has 0 radical (unpaired) electrons. The van der Waals surface area contributed by atoms with E-state index in [9.17, 15) is 18.0 Å². The van der Waals surface area contributed by atoms with Crippen molar-refractivity contribution in [3.63, 3.8) is 0 Å². The molecule has 0 saturated heterocycles. The van der Waals surface area contributed by atoms with E-state index in [0.29, 0.717) is 12.8 Å². The largest absolute Gasteiger partial charge is 0.462 e. The summed E-state index contributed by atoms with van der Waals surface area (Å²) in [5.74, 6) is -0.512. The second-order valence-corrected chi connectivity index (χ2v) is 4.04. The molecule has 0 atom stereocenters. The number of halogens is 3. The molecule has 0 bridgehead atoms. The van der Waals surface area contributed by atoms with Crippen molar-refractivity contribution in [2.24, 2.45) is 0 Å². The Bertz CT molecular complexity index is 309. The number of carbonyl (C=O) groups is 1. The molecule has 0 amide bonds. The number of rotatable bonds is 7. The van der Waals surface area contributed by atoms with E-state index in [1.54, 1.807) is 19.1 Å². The Balaban J connectivity index is 3.77. The van der Waals surface area contributed by atoms with Crippen LogP contribution in [0.4, 0.5) is 13.2 Å². The van der Waals surface area contributed by atoms with E-state index in [-0.39, 0.29) is 17.9 Å². The third-order valence-electron chi connectivity index (χ3n) is 1.96. The molecular weight excluding hydrogens is 265 g/mol. The highest BCUT2D eigenvalue weighted by atomic mass is 32.1.